The number of allylic oxidation sites excluding steroid dienone is 1. The summed E-state index contributed by atoms with van der Waals surface area (Å²) in [4.78, 5) is 14.2. The van der Waals surface area contributed by atoms with Gasteiger partial charge in [0.2, 0.25) is 0 Å². The molecular formula is C17H17BrO2S. The predicted octanol–water partition coefficient (Wildman–Crippen LogP) is 5.37. The van der Waals surface area contributed by atoms with E-state index in [2.05, 4.69) is 22.9 Å². The molecule has 0 fully saturated rings. The quantitative estimate of drug-likeness (QED) is 0.508. The Labute approximate surface area is 137 Å². The number of thiophene rings is 1. The second-order valence-electron chi connectivity index (χ2n) is 4.43. The summed E-state index contributed by atoms with van der Waals surface area (Å²) in [6, 6.07) is 9.67. The minimum atomic E-state index is 0.0297. The van der Waals surface area contributed by atoms with Crippen molar-refractivity contribution in [2.45, 2.75) is 20.3 Å². The summed E-state index contributed by atoms with van der Waals surface area (Å²) in [5.74, 6) is 0.812. The molecule has 0 saturated carbocycles. The summed E-state index contributed by atoms with van der Waals surface area (Å²) in [7, 11) is 0. The highest BCUT2D eigenvalue weighted by Crippen LogP contribution is 2.25. The number of hydrogen-bond donors (Lipinski definition) is 0. The lowest BCUT2D eigenvalue weighted by molar-refractivity contribution is 0.105. The van der Waals surface area contributed by atoms with Crippen molar-refractivity contribution in [2.24, 2.45) is 0 Å². The molecule has 0 radical (unpaired) electrons. The lowest BCUT2D eigenvalue weighted by atomic mass is 10.1. The van der Waals surface area contributed by atoms with Crippen LogP contribution >= 0.6 is 27.3 Å². The number of ether oxygens (including phenoxy) is 1. The molecular weight excluding hydrogens is 348 g/mol. The molecule has 21 heavy (non-hydrogen) atoms. The van der Waals surface area contributed by atoms with E-state index in [1.165, 1.54) is 4.88 Å². The van der Waals surface area contributed by atoms with Gasteiger partial charge in [-0.05, 0) is 55.8 Å². The molecule has 0 aliphatic carbocycles. The standard InChI is InChI=1S/C17H17BrO2S/c1-3-14-7-10-17(21-14)15(19)8-5-12-11-13(18)6-9-16(12)20-4-2/h5-11H,3-4H2,1-2H3/b8-5+. The van der Waals surface area contributed by atoms with E-state index in [0.717, 1.165) is 27.1 Å². The molecule has 0 unspecified atom stereocenters. The Morgan fingerprint density at radius 3 is 2.76 bits per heavy atom. The molecule has 0 saturated heterocycles. The van der Waals surface area contributed by atoms with Crippen molar-refractivity contribution in [1.29, 1.82) is 0 Å². The summed E-state index contributed by atoms with van der Waals surface area (Å²) in [6.45, 7) is 4.63. The maximum Gasteiger partial charge on any atom is 0.195 e. The van der Waals surface area contributed by atoms with Gasteiger partial charge in [0.1, 0.15) is 5.75 Å². The molecule has 1 heterocycles. The van der Waals surface area contributed by atoms with Crippen LogP contribution < -0.4 is 4.74 Å². The van der Waals surface area contributed by atoms with Gasteiger partial charge in [-0.25, -0.2) is 0 Å². The molecule has 1 aromatic carbocycles. The predicted molar refractivity (Wildman–Crippen MR) is 92.4 cm³/mol. The molecule has 0 amide bonds. The van der Waals surface area contributed by atoms with E-state index in [1.54, 1.807) is 17.4 Å². The van der Waals surface area contributed by atoms with E-state index >= 15 is 0 Å². The van der Waals surface area contributed by atoms with Gasteiger partial charge in [0, 0.05) is 14.9 Å². The highest BCUT2D eigenvalue weighted by Gasteiger charge is 2.07. The lowest BCUT2D eigenvalue weighted by Gasteiger charge is -2.07. The normalized spacial score (nSPS) is 11.0. The van der Waals surface area contributed by atoms with E-state index in [0.29, 0.717) is 6.61 Å². The molecule has 0 spiro atoms. The van der Waals surface area contributed by atoms with Gasteiger partial charge < -0.3 is 4.74 Å². The average Bonchev–Trinajstić information content (AvgIpc) is 2.96. The first-order chi connectivity index (χ1) is 10.1. The third-order valence-electron chi connectivity index (χ3n) is 2.94. The molecule has 0 aliphatic heterocycles. The van der Waals surface area contributed by atoms with Crippen molar-refractivity contribution < 1.29 is 9.53 Å². The molecule has 4 heteroatoms. The first kappa shape index (κ1) is 16.0. The summed E-state index contributed by atoms with van der Waals surface area (Å²) >= 11 is 4.99. The molecule has 110 valence electrons. The SMILES string of the molecule is CCOc1ccc(Br)cc1/C=C/C(=O)c1ccc(CC)s1. The molecule has 0 atom stereocenters. The number of halogens is 1. The Balaban J connectivity index is 2.20. The molecule has 0 aliphatic rings. The fourth-order valence-corrected chi connectivity index (χ4v) is 3.13. The van der Waals surface area contributed by atoms with Gasteiger partial charge in [0.25, 0.3) is 0 Å². The van der Waals surface area contributed by atoms with E-state index in [4.69, 9.17) is 4.74 Å². The van der Waals surface area contributed by atoms with Crippen LogP contribution in [0.5, 0.6) is 5.75 Å². The third kappa shape index (κ3) is 4.29. The summed E-state index contributed by atoms with van der Waals surface area (Å²) < 4.78 is 6.53. The smallest absolute Gasteiger partial charge is 0.195 e. The first-order valence-corrected chi connectivity index (χ1v) is 8.48. The maximum absolute atomic E-state index is 12.2. The van der Waals surface area contributed by atoms with Gasteiger partial charge in [-0.1, -0.05) is 22.9 Å². The van der Waals surface area contributed by atoms with E-state index in [1.807, 2.05) is 43.3 Å². The van der Waals surface area contributed by atoms with Gasteiger partial charge in [-0.2, -0.15) is 0 Å². The lowest BCUT2D eigenvalue weighted by Crippen LogP contribution is -1.94. The van der Waals surface area contributed by atoms with Crippen LogP contribution in [0.1, 0.15) is 34.0 Å². The van der Waals surface area contributed by atoms with Gasteiger partial charge in [-0.15, -0.1) is 11.3 Å². The fourth-order valence-electron chi connectivity index (χ4n) is 1.88. The van der Waals surface area contributed by atoms with Gasteiger partial charge in [0.15, 0.2) is 5.78 Å². The van der Waals surface area contributed by atoms with Crippen LogP contribution in [0.15, 0.2) is 40.9 Å². The van der Waals surface area contributed by atoms with Crippen molar-refractivity contribution >= 4 is 39.1 Å². The topological polar surface area (TPSA) is 26.3 Å². The molecule has 1 aromatic heterocycles. The van der Waals surface area contributed by atoms with Crippen LogP contribution in [0, 0.1) is 0 Å². The number of hydrogen-bond acceptors (Lipinski definition) is 3. The van der Waals surface area contributed by atoms with Crippen LogP contribution in [0.25, 0.3) is 6.08 Å². The van der Waals surface area contributed by atoms with Gasteiger partial charge >= 0.3 is 0 Å². The Bertz CT molecular complexity index is 659. The number of ketones is 1. The number of rotatable bonds is 6. The fraction of sp³-hybridized carbons (Fsp3) is 0.235. The summed E-state index contributed by atoms with van der Waals surface area (Å²) in [5, 5.41) is 0. The first-order valence-electron chi connectivity index (χ1n) is 6.87. The molecule has 2 rings (SSSR count). The molecule has 0 N–H and O–H groups in total. The Morgan fingerprint density at radius 1 is 1.29 bits per heavy atom. The Hall–Kier alpha value is -1.39. The number of carbonyl (C=O) groups excluding carboxylic acids is 1. The van der Waals surface area contributed by atoms with Crippen LogP contribution in [0.3, 0.4) is 0 Å². The number of carbonyl (C=O) groups is 1. The zero-order valence-electron chi connectivity index (χ0n) is 12.1. The summed E-state index contributed by atoms with van der Waals surface area (Å²) in [5.41, 5.74) is 0.895. The van der Waals surface area contributed by atoms with Crippen LogP contribution in [-0.2, 0) is 6.42 Å². The van der Waals surface area contributed by atoms with E-state index in [-0.39, 0.29) is 5.78 Å². The minimum Gasteiger partial charge on any atom is -0.493 e. The number of aryl methyl sites for hydroxylation is 1. The highest BCUT2D eigenvalue weighted by atomic mass is 79.9. The van der Waals surface area contributed by atoms with Crippen molar-refractivity contribution in [1.82, 2.24) is 0 Å². The largest absolute Gasteiger partial charge is 0.493 e. The van der Waals surface area contributed by atoms with E-state index < -0.39 is 0 Å². The monoisotopic (exact) mass is 364 g/mol. The van der Waals surface area contributed by atoms with Crippen molar-refractivity contribution in [3.05, 3.63) is 56.2 Å². The van der Waals surface area contributed by atoms with Crippen molar-refractivity contribution in [2.75, 3.05) is 6.61 Å². The second kappa shape index (κ2) is 7.57. The van der Waals surface area contributed by atoms with E-state index in [9.17, 15) is 4.79 Å². The summed E-state index contributed by atoms with van der Waals surface area (Å²) in [6.07, 6.45) is 4.38. The van der Waals surface area contributed by atoms with Crippen LogP contribution in [-0.4, -0.2) is 12.4 Å². The van der Waals surface area contributed by atoms with Crippen molar-refractivity contribution in [3.63, 3.8) is 0 Å². The zero-order valence-corrected chi connectivity index (χ0v) is 14.5. The second-order valence-corrected chi connectivity index (χ2v) is 6.52. The van der Waals surface area contributed by atoms with Gasteiger partial charge in [-0.3, -0.25) is 4.79 Å². The zero-order chi connectivity index (χ0) is 15.2. The third-order valence-corrected chi connectivity index (χ3v) is 4.68. The molecule has 0 bridgehead atoms. The molecule has 2 aromatic rings. The Kier molecular flexibility index (Phi) is 5.76. The Morgan fingerprint density at radius 2 is 2.10 bits per heavy atom. The van der Waals surface area contributed by atoms with Gasteiger partial charge in [0.05, 0.1) is 11.5 Å². The highest BCUT2D eigenvalue weighted by molar-refractivity contribution is 9.10. The minimum absolute atomic E-state index is 0.0297. The van der Waals surface area contributed by atoms with Crippen LogP contribution in [0.4, 0.5) is 0 Å². The van der Waals surface area contributed by atoms with Crippen molar-refractivity contribution in [3.8, 4) is 5.75 Å². The van der Waals surface area contributed by atoms with Crippen LogP contribution in [0.2, 0.25) is 0 Å². The number of benzene rings is 1. The average molecular weight is 365 g/mol. The maximum atomic E-state index is 12.2. The molecule has 2 nitrogen and oxygen atoms in total.